The number of nitrogens with zero attached hydrogens (tertiary/aromatic N) is 2. The Bertz CT molecular complexity index is 445. The van der Waals surface area contributed by atoms with Gasteiger partial charge < -0.3 is 5.32 Å². The van der Waals surface area contributed by atoms with Crippen LogP contribution < -0.4 is 5.32 Å². The van der Waals surface area contributed by atoms with E-state index in [1.54, 1.807) is 0 Å². The van der Waals surface area contributed by atoms with Crippen molar-refractivity contribution >= 4 is 5.82 Å². The van der Waals surface area contributed by atoms with E-state index >= 15 is 0 Å². The number of hydrogen-bond acceptors (Lipinski definition) is 2. The van der Waals surface area contributed by atoms with E-state index < -0.39 is 0 Å². The molecule has 0 unspecified atom stereocenters. The summed E-state index contributed by atoms with van der Waals surface area (Å²) in [6.07, 6.45) is 2.06. The zero-order chi connectivity index (χ0) is 11.4. The molecule has 3 nitrogen and oxygen atoms in total. The Balaban J connectivity index is 2.02. The summed E-state index contributed by atoms with van der Waals surface area (Å²) in [7, 11) is 0. The highest BCUT2D eigenvalue weighted by molar-refractivity contribution is 5.42. The van der Waals surface area contributed by atoms with Gasteiger partial charge in [-0.2, -0.15) is 5.10 Å². The van der Waals surface area contributed by atoms with E-state index in [1.807, 2.05) is 10.7 Å². The highest BCUT2D eigenvalue weighted by atomic mass is 15.3. The zero-order valence-electron chi connectivity index (χ0n) is 9.77. The third-order valence-corrected chi connectivity index (χ3v) is 2.57. The van der Waals surface area contributed by atoms with Crippen LogP contribution in [0.3, 0.4) is 0 Å². The lowest BCUT2D eigenvalue weighted by Crippen LogP contribution is -2.02. The van der Waals surface area contributed by atoms with Crippen LogP contribution in [-0.4, -0.2) is 9.78 Å². The van der Waals surface area contributed by atoms with E-state index in [4.69, 9.17) is 0 Å². The molecule has 84 valence electrons. The second kappa shape index (κ2) is 4.84. The smallest absolute Gasteiger partial charge is 0.151 e. The third kappa shape index (κ3) is 2.42. The first kappa shape index (κ1) is 10.7. The van der Waals surface area contributed by atoms with Gasteiger partial charge in [-0.15, -0.1) is 0 Å². The topological polar surface area (TPSA) is 29.9 Å². The molecule has 0 saturated heterocycles. The summed E-state index contributed by atoms with van der Waals surface area (Å²) in [5.41, 5.74) is 2.46. The summed E-state index contributed by atoms with van der Waals surface area (Å²) in [6, 6.07) is 10.3. The Hall–Kier alpha value is -1.77. The molecule has 0 fully saturated rings. The first-order valence-electron chi connectivity index (χ1n) is 5.61. The van der Waals surface area contributed by atoms with Crippen LogP contribution in [0.4, 0.5) is 5.82 Å². The summed E-state index contributed by atoms with van der Waals surface area (Å²) in [6.45, 7) is 5.90. The van der Waals surface area contributed by atoms with Crippen molar-refractivity contribution < 1.29 is 0 Å². The molecule has 3 heteroatoms. The van der Waals surface area contributed by atoms with Gasteiger partial charge in [0, 0.05) is 24.8 Å². The summed E-state index contributed by atoms with van der Waals surface area (Å²) < 4.78 is 1.95. The van der Waals surface area contributed by atoms with E-state index in [0.29, 0.717) is 0 Å². The van der Waals surface area contributed by atoms with Gasteiger partial charge in [0.2, 0.25) is 0 Å². The molecule has 0 aliphatic carbocycles. The molecule has 1 N–H and O–H groups in total. The Morgan fingerprint density at radius 1 is 1.25 bits per heavy atom. The molecular formula is C13H17N3. The standard InChI is InChI=1S/C13H17N3/c1-3-16-10-11(2)13(15-16)14-9-12-7-5-4-6-8-12/h4-8,10H,3,9H2,1-2H3,(H,14,15). The number of nitrogens with one attached hydrogen (secondary N) is 1. The van der Waals surface area contributed by atoms with Crippen LogP contribution in [0.25, 0.3) is 0 Å². The summed E-state index contributed by atoms with van der Waals surface area (Å²) in [5, 5.41) is 7.80. The molecule has 0 bridgehead atoms. The van der Waals surface area contributed by atoms with Gasteiger partial charge in [-0.05, 0) is 19.4 Å². The molecule has 0 atom stereocenters. The van der Waals surface area contributed by atoms with E-state index in [9.17, 15) is 0 Å². The van der Waals surface area contributed by atoms with Gasteiger partial charge in [0.05, 0.1) is 0 Å². The van der Waals surface area contributed by atoms with Crippen LogP contribution >= 0.6 is 0 Å². The maximum absolute atomic E-state index is 4.45. The number of aromatic nitrogens is 2. The molecule has 2 aromatic rings. The fraction of sp³-hybridized carbons (Fsp3) is 0.308. The van der Waals surface area contributed by atoms with E-state index in [-0.39, 0.29) is 0 Å². The maximum atomic E-state index is 4.45. The minimum atomic E-state index is 0.822. The van der Waals surface area contributed by atoms with Crippen LogP contribution in [0.5, 0.6) is 0 Å². The van der Waals surface area contributed by atoms with Crippen LogP contribution in [0.1, 0.15) is 18.1 Å². The molecule has 0 aliphatic rings. The monoisotopic (exact) mass is 215 g/mol. The first-order chi connectivity index (χ1) is 7.79. The second-order valence-electron chi connectivity index (χ2n) is 3.86. The molecule has 0 saturated carbocycles. The van der Waals surface area contributed by atoms with Crippen LogP contribution in [0.15, 0.2) is 36.5 Å². The van der Waals surface area contributed by atoms with E-state index in [2.05, 4.69) is 54.7 Å². The van der Waals surface area contributed by atoms with Gasteiger partial charge in [0.15, 0.2) is 5.82 Å². The number of rotatable bonds is 4. The van der Waals surface area contributed by atoms with Gasteiger partial charge in [0.1, 0.15) is 0 Å². The average molecular weight is 215 g/mol. The van der Waals surface area contributed by atoms with Crippen molar-refractivity contribution in [3.63, 3.8) is 0 Å². The lowest BCUT2D eigenvalue weighted by Gasteiger charge is -2.03. The summed E-state index contributed by atoms with van der Waals surface area (Å²) in [5.74, 6) is 0.978. The number of aryl methyl sites for hydroxylation is 2. The minimum Gasteiger partial charge on any atom is -0.364 e. The van der Waals surface area contributed by atoms with Crippen molar-refractivity contribution in [2.75, 3.05) is 5.32 Å². The molecule has 2 rings (SSSR count). The third-order valence-electron chi connectivity index (χ3n) is 2.57. The van der Waals surface area contributed by atoms with Crippen molar-refractivity contribution in [2.45, 2.75) is 26.9 Å². The molecule has 0 radical (unpaired) electrons. The molecule has 0 aliphatic heterocycles. The Labute approximate surface area is 96.1 Å². The lowest BCUT2D eigenvalue weighted by molar-refractivity contribution is 0.661. The molecular weight excluding hydrogens is 198 g/mol. The van der Waals surface area contributed by atoms with Crippen molar-refractivity contribution in [1.82, 2.24) is 9.78 Å². The van der Waals surface area contributed by atoms with E-state index in [0.717, 1.165) is 18.9 Å². The van der Waals surface area contributed by atoms with Gasteiger partial charge in [0.25, 0.3) is 0 Å². The molecule has 1 aromatic carbocycles. The van der Waals surface area contributed by atoms with Gasteiger partial charge in [-0.25, -0.2) is 0 Å². The maximum Gasteiger partial charge on any atom is 0.151 e. The Kier molecular flexibility index (Phi) is 3.25. The number of hydrogen-bond donors (Lipinski definition) is 1. The van der Waals surface area contributed by atoms with Crippen LogP contribution in [-0.2, 0) is 13.1 Å². The number of anilines is 1. The van der Waals surface area contributed by atoms with Crippen molar-refractivity contribution in [2.24, 2.45) is 0 Å². The SMILES string of the molecule is CCn1cc(C)c(NCc2ccccc2)n1. The molecule has 0 amide bonds. The number of benzene rings is 1. The summed E-state index contributed by atoms with van der Waals surface area (Å²) >= 11 is 0. The Morgan fingerprint density at radius 2 is 2.00 bits per heavy atom. The van der Waals surface area contributed by atoms with Crippen LogP contribution in [0.2, 0.25) is 0 Å². The predicted molar refractivity (Wildman–Crippen MR) is 66.4 cm³/mol. The quantitative estimate of drug-likeness (QED) is 0.850. The highest BCUT2D eigenvalue weighted by Crippen LogP contribution is 2.12. The molecule has 0 spiro atoms. The summed E-state index contributed by atoms with van der Waals surface area (Å²) in [4.78, 5) is 0. The van der Waals surface area contributed by atoms with Crippen molar-refractivity contribution in [3.05, 3.63) is 47.7 Å². The van der Waals surface area contributed by atoms with E-state index in [1.165, 1.54) is 11.1 Å². The zero-order valence-corrected chi connectivity index (χ0v) is 9.77. The van der Waals surface area contributed by atoms with Gasteiger partial charge >= 0.3 is 0 Å². The average Bonchev–Trinajstić information content (AvgIpc) is 2.69. The fourth-order valence-electron chi connectivity index (χ4n) is 1.64. The second-order valence-corrected chi connectivity index (χ2v) is 3.86. The largest absolute Gasteiger partial charge is 0.364 e. The van der Waals surface area contributed by atoms with Gasteiger partial charge in [-0.3, -0.25) is 4.68 Å². The molecule has 16 heavy (non-hydrogen) atoms. The normalized spacial score (nSPS) is 10.4. The highest BCUT2D eigenvalue weighted by Gasteiger charge is 2.02. The van der Waals surface area contributed by atoms with Crippen molar-refractivity contribution in [1.29, 1.82) is 0 Å². The minimum absolute atomic E-state index is 0.822. The van der Waals surface area contributed by atoms with Crippen molar-refractivity contribution in [3.8, 4) is 0 Å². The molecule has 1 aromatic heterocycles. The molecule has 1 heterocycles. The predicted octanol–water partition coefficient (Wildman–Crippen LogP) is 2.82. The lowest BCUT2D eigenvalue weighted by atomic mass is 10.2. The van der Waals surface area contributed by atoms with Crippen LogP contribution in [0, 0.1) is 6.92 Å². The fourth-order valence-corrected chi connectivity index (χ4v) is 1.64. The first-order valence-corrected chi connectivity index (χ1v) is 5.61. The Morgan fingerprint density at radius 3 is 2.62 bits per heavy atom. The van der Waals surface area contributed by atoms with Gasteiger partial charge in [-0.1, -0.05) is 30.3 Å².